The number of halogens is 1. The van der Waals surface area contributed by atoms with Gasteiger partial charge in [-0.05, 0) is 13.8 Å². The van der Waals surface area contributed by atoms with Crippen molar-refractivity contribution < 1.29 is 4.74 Å². The lowest BCUT2D eigenvalue weighted by molar-refractivity contribution is 0.288. The summed E-state index contributed by atoms with van der Waals surface area (Å²) in [6, 6.07) is 0. The fourth-order valence-corrected chi connectivity index (χ4v) is 3.61. The molecule has 4 aromatic rings. The summed E-state index contributed by atoms with van der Waals surface area (Å²) in [7, 11) is 1.88. The molecule has 0 amide bonds. The molecule has 5 rings (SSSR count). The summed E-state index contributed by atoms with van der Waals surface area (Å²) in [6.45, 7) is 5.04. The number of anilines is 2. The smallest absolute Gasteiger partial charge is 0.257 e. The Kier molecular flexibility index (Phi) is 3.76. The van der Waals surface area contributed by atoms with E-state index >= 15 is 0 Å². The van der Waals surface area contributed by atoms with Crippen LogP contribution in [0, 0.1) is 13.8 Å². The molecular weight excluding hydrogens is 382 g/mol. The van der Waals surface area contributed by atoms with Crippen LogP contribution in [0.2, 0.25) is 5.15 Å². The van der Waals surface area contributed by atoms with E-state index in [1.54, 1.807) is 15.6 Å². The van der Waals surface area contributed by atoms with Crippen LogP contribution in [0.25, 0.3) is 16.7 Å². The number of rotatable bonds is 1. The van der Waals surface area contributed by atoms with Gasteiger partial charge in [-0.1, -0.05) is 11.6 Å². The summed E-state index contributed by atoms with van der Waals surface area (Å²) in [6.07, 6.45) is 4.35. The fourth-order valence-electron chi connectivity index (χ4n) is 3.38. The highest BCUT2D eigenvalue weighted by atomic mass is 35.5. The minimum Gasteiger partial charge on any atom is -0.475 e. The third-order valence-corrected chi connectivity index (χ3v) is 5.01. The van der Waals surface area contributed by atoms with Crippen LogP contribution in [0.3, 0.4) is 0 Å². The highest BCUT2D eigenvalue weighted by Gasteiger charge is 2.22. The number of aromatic nitrogens is 8. The molecule has 1 N–H and O–H groups in total. The van der Waals surface area contributed by atoms with Gasteiger partial charge in [0.05, 0.1) is 29.6 Å². The summed E-state index contributed by atoms with van der Waals surface area (Å²) in [5.41, 5.74) is 4.07. The number of nitrogens with zero attached hydrogens (tertiary/aromatic N) is 8. The van der Waals surface area contributed by atoms with Gasteiger partial charge in [0.1, 0.15) is 11.4 Å². The maximum absolute atomic E-state index is 6.21. The van der Waals surface area contributed by atoms with Gasteiger partial charge in [0.2, 0.25) is 5.95 Å². The lowest BCUT2D eigenvalue weighted by atomic mass is 10.3. The third-order valence-electron chi connectivity index (χ3n) is 4.73. The molecule has 1 aliphatic rings. The second-order valence-corrected chi connectivity index (χ2v) is 7.08. The molecule has 0 aliphatic carbocycles. The van der Waals surface area contributed by atoms with Crippen molar-refractivity contribution in [2.24, 2.45) is 7.05 Å². The number of ether oxygens (including phenoxy) is 1. The second kappa shape index (κ2) is 6.20. The molecule has 0 atom stereocenters. The Hall–Kier alpha value is -3.14. The van der Waals surface area contributed by atoms with Crippen LogP contribution >= 0.6 is 11.6 Å². The van der Waals surface area contributed by atoms with Crippen molar-refractivity contribution in [1.82, 2.24) is 39.3 Å². The molecule has 0 unspecified atom stereocenters. The minimum atomic E-state index is 0.399. The Morgan fingerprint density at radius 3 is 2.86 bits per heavy atom. The highest BCUT2D eigenvalue weighted by Crippen LogP contribution is 2.33. The highest BCUT2D eigenvalue weighted by molar-refractivity contribution is 6.34. The minimum absolute atomic E-state index is 0.399. The summed E-state index contributed by atoms with van der Waals surface area (Å²) in [4.78, 5) is 8.99. The topological polar surface area (TPSA) is 100 Å². The van der Waals surface area contributed by atoms with E-state index in [1.807, 2.05) is 31.8 Å². The van der Waals surface area contributed by atoms with E-state index in [4.69, 9.17) is 16.3 Å². The van der Waals surface area contributed by atoms with Crippen LogP contribution in [0.15, 0.2) is 12.4 Å². The zero-order chi connectivity index (χ0) is 19.4. The Labute approximate surface area is 165 Å². The zero-order valence-corrected chi connectivity index (χ0v) is 16.4. The molecule has 0 radical (unpaired) electrons. The normalized spacial score (nSPS) is 13.9. The Bertz CT molecular complexity index is 1210. The van der Waals surface area contributed by atoms with Crippen molar-refractivity contribution in [3.05, 3.63) is 28.9 Å². The van der Waals surface area contributed by atoms with Crippen LogP contribution in [0.5, 0.6) is 5.88 Å². The van der Waals surface area contributed by atoms with Crippen molar-refractivity contribution in [1.29, 1.82) is 0 Å². The quantitative estimate of drug-likeness (QED) is 0.524. The van der Waals surface area contributed by atoms with Crippen molar-refractivity contribution in [2.45, 2.75) is 26.8 Å². The van der Waals surface area contributed by atoms with E-state index in [1.165, 1.54) is 0 Å². The average Bonchev–Trinajstić information content (AvgIpc) is 3.26. The number of hydrogen-bond acceptors (Lipinski definition) is 7. The molecule has 0 aromatic carbocycles. The second-order valence-electron chi connectivity index (χ2n) is 6.72. The van der Waals surface area contributed by atoms with Crippen LogP contribution in [0.4, 0.5) is 11.6 Å². The van der Waals surface area contributed by atoms with Crippen molar-refractivity contribution in [3.8, 4) is 11.6 Å². The standard InChI is InChI=1S/C17H18ClN9O/c1-9-12(8-25(3)22-9)27-10(2)13-16(24-27)28-6-4-5-26-15-11(14(18)23-26)7-19-17(20-13)21-15/h7-8H,4-6H2,1-3H3,(H,19,20,21). The van der Waals surface area contributed by atoms with Gasteiger partial charge >= 0.3 is 0 Å². The van der Waals surface area contributed by atoms with Gasteiger partial charge in [-0.2, -0.15) is 15.2 Å². The van der Waals surface area contributed by atoms with Gasteiger partial charge in [0, 0.05) is 26.2 Å². The Balaban J connectivity index is 1.65. The maximum Gasteiger partial charge on any atom is 0.257 e. The van der Waals surface area contributed by atoms with E-state index in [2.05, 4.69) is 30.6 Å². The van der Waals surface area contributed by atoms with Gasteiger partial charge in [0.15, 0.2) is 10.8 Å². The largest absolute Gasteiger partial charge is 0.475 e. The molecule has 2 bridgehead atoms. The Morgan fingerprint density at radius 2 is 2.07 bits per heavy atom. The first-order valence-electron chi connectivity index (χ1n) is 8.90. The summed E-state index contributed by atoms with van der Waals surface area (Å²) in [5, 5.41) is 17.8. The fraction of sp³-hybridized carbons (Fsp3) is 0.353. The zero-order valence-electron chi connectivity index (χ0n) is 15.6. The molecular formula is C17H18ClN9O. The molecule has 0 spiro atoms. The number of nitrogens with one attached hydrogen (secondary N) is 1. The SMILES string of the molecule is Cc1nn(C)cc1-n1nc2c(c1C)Nc1ncc3c(Cl)nn(c3n1)CCCO2. The van der Waals surface area contributed by atoms with E-state index in [0.717, 1.165) is 34.6 Å². The lowest BCUT2D eigenvalue weighted by Crippen LogP contribution is -2.07. The first-order valence-corrected chi connectivity index (χ1v) is 9.28. The first kappa shape index (κ1) is 17.0. The summed E-state index contributed by atoms with van der Waals surface area (Å²) < 4.78 is 11.3. The van der Waals surface area contributed by atoms with Gasteiger partial charge in [-0.3, -0.25) is 4.68 Å². The van der Waals surface area contributed by atoms with E-state index < -0.39 is 0 Å². The van der Waals surface area contributed by atoms with E-state index in [9.17, 15) is 0 Å². The molecule has 0 saturated carbocycles. The molecule has 4 aromatic heterocycles. The molecule has 10 nitrogen and oxygen atoms in total. The molecule has 144 valence electrons. The van der Waals surface area contributed by atoms with Gasteiger partial charge in [-0.25, -0.2) is 14.3 Å². The molecule has 1 aliphatic heterocycles. The van der Waals surface area contributed by atoms with Crippen LogP contribution in [-0.2, 0) is 13.6 Å². The lowest BCUT2D eigenvalue weighted by Gasteiger charge is -2.06. The monoisotopic (exact) mass is 399 g/mol. The molecule has 28 heavy (non-hydrogen) atoms. The third kappa shape index (κ3) is 2.60. The molecule has 0 fully saturated rings. The predicted molar refractivity (Wildman–Crippen MR) is 104 cm³/mol. The number of hydrogen-bond donors (Lipinski definition) is 1. The summed E-state index contributed by atoms with van der Waals surface area (Å²) in [5.74, 6) is 0.935. The predicted octanol–water partition coefficient (Wildman–Crippen LogP) is 2.54. The van der Waals surface area contributed by atoms with E-state index in [0.29, 0.717) is 35.8 Å². The summed E-state index contributed by atoms with van der Waals surface area (Å²) >= 11 is 6.21. The van der Waals surface area contributed by atoms with Gasteiger partial charge in [-0.15, -0.1) is 5.10 Å². The number of aryl methyl sites for hydroxylation is 3. The van der Waals surface area contributed by atoms with Gasteiger partial charge < -0.3 is 10.1 Å². The maximum atomic E-state index is 6.21. The van der Waals surface area contributed by atoms with Crippen molar-refractivity contribution >= 4 is 34.3 Å². The van der Waals surface area contributed by atoms with Crippen molar-refractivity contribution in [3.63, 3.8) is 0 Å². The Morgan fingerprint density at radius 1 is 1.21 bits per heavy atom. The van der Waals surface area contributed by atoms with E-state index in [-0.39, 0.29) is 0 Å². The van der Waals surface area contributed by atoms with Crippen LogP contribution in [-0.4, -0.2) is 45.9 Å². The van der Waals surface area contributed by atoms with Crippen LogP contribution < -0.4 is 10.1 Å². The molecule has 11 heteroatoms. The average molecular weight is 400 g/mol. The van der Waals surface area contributed by atoms with Crippen molar-refractivity contribution in [2.75, 3.05) is 11.9 Å². The molecule has 0 saturated heterocycles. The van der Waals surface area contributed by atoms with Crippen LogP contribution in [0.1, 0.15) is 17.8 Å². The van der Waals surface area contributed by atoms with Gasteiger partial charge in [0.25, 0.3) is 5.88 Å². The number of fused-ring (bicyclic) bond motifs is 2. The first-order chi connectivity index (χ1) is 13.5. The molecule has 5 heterocycles.